The van der Waals surface area contributed by atoms with E-state index in [0.717, 1.165) is 40.9 Å². The Labute approximate surface area is 253 Å². The third-order valence-electron chi connectivity index (χ3n) is 7.08. The molecule has 0 saturated carbocycles. The lowest BCUT2D eigenvalue weighted by molar-refractivity contribution is -0.138. The van der Waals surface area contributed by atoms with Crippen molar-refractivity contribution in [2.75, 3.05) is 10.7 Å². The number of aliphatic carboxylic acids is 1. The second-order valence-corrected chi connectivity index (χ2v) is 11.6. The molecule has 0 bridgehead atoms. The van der Waals surface area contributed by atoms with Gasteiger partial charge in [-0.25, -0.2) is 14.1 Å². The summed E-state index contributed by atoms with van der Waals surface area (Å²) >= 11 is 1.13. The Morgan fingerprint density at radius 2 is 1.66 bits per heavy atom. The van der Waals surface area contributed by atoms with E-state index in [1.165, 1.54) is 26.0 Å². The number of carbonyl (C=O) groups excluding carboxylic acids is 3. The largest absolute Gasteiger partial charge is 0.481 e. The zero-order valence-electron chi connectivity index (χ0n) is 23.4. The van der Waals surface area contributed by atoms with Crippen molar-refractivity contribution in [1.82, 2.24) is 4.90 Å². The number of carboxylic acid groups (broad SMARTS) is 1. The molecule has 228 valence electrons. The average Bonchev–Trinajstić information content (AvgIpc) is 3.11. The van der Waals surface area contributed by atoms with E-state index >= 15 is 0 Å². The van der Waals surface area contributed by atoms with Gasteiger partial charge in [-0.3, -0.25) is 14.4 Å². The highest BCUT2D eigenvalue weighted by Gasteiger charge is 2.52. The maximum Gasteiger partial charge on any atom is 0.417 e. The first-order valence-electron chi connectivity index (χ1n) is 13.1. The number of hydrogen-bond donors (Lipinski definition) is 1. The lowest BCUT2D eigenvalue weighted by Crippen LogP contribution is -2.43. The number of Topliss-reactive ketones (excluding diaryl/α,β-unsaturated/α-hetero) is 1. The zero-order chi connectivity index (χ0) is 32.4. The molecule has 3 aromatic rings. The zero-order valence-corrected chi connectivity index (χ0v) is 24.3. The minimum absolute atomic E-state index is 0.000460. The van der Waals surface area contributed by atoms with Gasteiger partial charge in [-0.15, -0.1) is 11.8 Å². The van der Waals surface area contributed by atoms with Crippen LogP contribution in [0.1, 0.15) is 41.7 Å². The number of urea groups is 1. The van der Waals surface area contributed by atoms with E-state index in [1.807, 2.05) is 0 Å². The first kappa shape index (κ1) is 32.2. The number of carboxylic acids is 1. The highest BCUT2D eigenvalue weighted by Crippen LogP contribution is 2.38. The highest BCUT2D eigenvalue weighted by atomic mass is 32.2. The van der Waals surface area contributed by atoms with E-state index in [-0.39, 0.29) is 42.2 Å². The molecule has 0 atom stereocenters. The van der Waals surface area contributed by atoms with Crippen LogP contribution in [0.5, 0.6) is 0 Å². The fraction of sp³-hybridized carbons (Fsp3) is 0.258. The standard InChI is InChI=1S/C31H25F4N3O5S/c1-30(2)28(42)38(23-8-6-19(15-36)26(14-23)31(33,34)35)29(43)37(30)16-20-5-7-22(32)12-21(20)13-24(39)11-18-3-9-25(10-4-18)44-17-27(40)41/h3-10,12,14H,11,13,16-17H2,1-2H3,(H,40,41). The van der Waals surface area contributed by atoms with Gasteiger partial charge in [0.15, 0.2) is 0 Å². The summed E-state index contributed by atoms with van der Waals surface area (Å²) in [6.07, 6.45) is -5.10. The Kier molecular flexibility index (Phi) is 9.15. The fourth-order valence-electron chi connectivity index (χ4n) is 4.77. The number of alkyl halides is 3. The lowest BCUT2D eigenvalue weighted by Gasteiger charge is -2.28. The number of ketones is 1. The Bertz CT molecular complexity index is 1680. The number of anilines is 1. The van der Waals surface area contributed by atoms with Crippen molar-refractivity contribution >= 4 is 41.1 Å². The molecule has 1 aliphatic rings. The summed E-state index contributed by atoms with van der Waals surface area (Å²) < 4.78 is 55.0. The van der Waals surface area contributed by atoms with E-state index in [4.69, 9.17) is 10.4 Å². The van der Waals surface area contributed by atoms with Crippen LogP contribution in [0, 0.1) is 17.1 Å². The van der Waals surface area contributed by atoms with Crippen LogP contribution in [0.4, 0.5) is 28.0 Å². The van der Waals surface area contributed by atoms with Crippen LogP contribution in [-0.2, 0) is 39.9 Å². The summed E-state index contributed by atoms with van der Waals surface area (Å²) in [7, 11) is 0. The number of hydrogen-bond acceptors (Lipinski definition) is 6. The van der Waals surface area contributed by atoms with Crippen molar-refractivity contribution in [2.24, 2.45) is 0 Å². The first-order chi connectivity index (χ1) is 20.6. The number of imide groups is 1. The summed E-state index contributed by atoms with van der Waals surface area (Å²) in [5, 5.41) is 17.9. The number of halogens is 4. The monoisotopic (exact) mass is 627 g/mol. The Morgan fingerprint density at radius 1 is 0.977 bits per heavy atom. The molecule has 1 aliphatic heterocycles. The molecule has 0 spiro atoms. The third-order valence-corrected chi connectivity index (χ3v) is 8.08. The third kappa shape index (κ3) is 6.92. The number of carbonyl (C=O) groups is 4. The van der Waals surface area contributed by atoms with Gasteiger partial charge in [-0.2, -0.15) is 18.4 Å². The van der Waals surface area contributed by atoms with Gasteiger partial charge in [0.2, 0.25) is 0 Å². The maximum absolute atomic E-state index is 14.3. The van der Waals surface area contributed by atoms with E-state index in [2.05, 4.69) is 0 Å². The molecule has 1 fully saturated rings. The van der Waals surface area contributed by atoms with Gasteiger partial charge in [0.25, 0.3) is 5.91 Å². The van der Waals surface area contributed by atoms with Crippen LogP contribution in [0.2, 0.25) is 0 Å². The first-order valence-corrected chi connectivity index (χ1v) is 14.1. The molecule has 44 heavy (non-hydrogen) atoms. The summed E-state index contributed by atoms with van der Waals surface area (Å²) in [4.78, 5) is 53.0. The van der Waals surface area contributed by atoms with E-state index in [9.17, 15) is 36.7 Å². The molecule has 13 heteroatoms. The normalized spacial score (nSPS) is 14.6. The van der Waals surface area contributed by atoms with E-state index in [0.29, 0.717) is 27.0 Å². The molecular weight excluding hydrogens is 602 g/mol. The molecule has 0 aromatic heterocycles. The molecule has 0 radical (unpaired) electrons. The molecular formula is C31H25F4N3O5S. The molecule has 3 amide bonds. The molecule has 3 aromatic carbocycles. The van der Waals surface area contributed by atoms with Crippen molar-refractivity contribution in [3.63, 3.8) is 0 Å². The minimum Gasteiger partial charge on any atom is -0.481 e. The van der Waals surface area contributed by atoms with Crippen LogP contribution in [0.15, 0.2) is 65.6 Å². The number of benzene rings is 3. The summed E-state index contributed by atoms with van der Waals surface area (Å²) in [5.74, 6) is -2.77. The summed E-state index contributed by atoms with van der Waals surface area (Å²) in [5.41, 5.74) is -2.52. The predicted octanol–water partition coefficient (Wildman–Crippen LogP) is 5.99. The Morgan fingerprint density at radius 3 is 2.27 bits per heavy atom. The Hall–Kier alpha value is -4.70. The number of amides is 3. The van der Waals surface area contributed by atoms with Crippen molar-refractivity contribution < 1.29 is 41.8 Å². The van der Waals surface area contributed by atoms with Gasteiger partial charge >= 0.3 is 18.2 Å². The summed E-state index contributed by atoms with van der Waals surface area (Å²) in [6.45, 7) is 2.61. The maximum atomic E-state index is 14.3. The quantitative estimate of drug-likeness (QED) is 0.167. The molecule has 8 nitrogen and oxygen atoms in total. The smallest absolute Gasteiger partial charge is 0.417 e. The molecule has 4 rings (SSSR count). The molecule has 1 N–H and O–H groups in total. The summed E-state index contributed by atoms with van der Waals surface area (Å²) in [6, 6.07) is 13.5. The van der Waals surface area contributed by atoms with Crippen LogP contribution in [-0.4, -0.2) is 45.0 Å². The van der Waals surface area contributed by atoms with Gasteiger partial charge < -0.3 is 10.0 Å². The van der Waals surface area contributed by atoms with Crippen molar-refractivity contribution in [2.45, 2.75) is 49.8 Å². The number of nitrogens with zero attached hydrogens (tertiary/aromatic N) is 3. The van der Waals surface area contributed by atoms with Crippen LogP contribution < -0.4 is 4.90 Å². The molecule has 0 aliphatic carbocycles. The van der Waals surface area contributed by atoms with Crippen LogP contribution in [0.25, 0.3) is 0 Å². The van der Waals surface area contributed by atoms with Crippen molar-refractivity contribution in [3.8, 4) is 6.07 Å². The van der Waals surface area contributed by atoms with Crippen molar-refractivity contribution in [3.05, 3.63) is 94.3 Å². The SMILES string of the molecule is CC1(C)C(=O)N(c2ccc(C#N)c(C(F)(F)F)c2)C(=O)N1Cc1ccc(F)cc1CC(=O)Cc1ccc(SCC(=O)O)cc1. The van der Waals surface area contributed by atoms with Crippen molar-refractivity contribution in [1.29, 1.82) is 5.26 Å². The van der Waals surface area contributed by atoms with Crippen LogP contribution in [0.3, 0.4) is 0 Å². The molecule has 0 unspecified atom stereocenters. The number of rotatable bonds is 10. The predicted molar refractivity (Wildman–Crippen MR) is 152 cm³/mol. The fourth-order valence-corrected chi connectivity index (χ4v) is 5.39. The van der Waals surface area contributed by atoms with Crippen LogP contribution >= 0.6 is 11.8 Å². The number of nitriles is 1. The Balaban J connectivity index is 1.56. The second kappa shape index (κ2) is 12.5. The average molecular weight is 628 g/mol. The molecule has 1 saturated heterocycles. The van der Waals surface area contributed by atoms with Gasteiger partial charge in [0.1, 0.15) is 17.1 Å². The van der Waals surface area contributed by atoms with Gasteiger partial charge in [0, 0.05) is 24.3 Å². The number of thioether (sulfide) groups is 1. The highest BCUT2D eigenvalue weighted by molar-refractivity contribution is 8.00. The van der Waals surface area contributed by atoms with Gasteiger partial charge in [-0.05, 0) is 73.0 Å². The minimum atomic E-state index is -4.90. The molecule has 1 heterocycles. The van der Waals surface area contributed by atoms with E-state index < -0.39 is 46.6 Å². The van der Waals surface area contributed by atoms with Gasteiger partial charge in [-0.1, -0.05) is 18.2 Å². The van der Waals surface area contributed by atoms with E-state index in [1.54, 1.807) is 24.3 Å². The topological polar surface area (TPSA) is 119 Å². The second-order valence-electron chi connectivity index (χ2n) is 10.5. The van der Waals surface area contributed by atoms with Gasteiger partial charge in [0.05, 0.1) is 28.6 Å². The lowest BCUT2D eigenvalue weighted by atomic mass is 9.97.